The number of thiophene rings is 1. The summed E-state index contributed by atoms with van der Waals surface area (Å²) in [6, 6.07) is 1.84. The number of hydrogen-bond donors (Lipinski definition) is 2. The number of amides is 1. The van der Waals surface area contributed by atoms with Gasteiger partial charge >= 0.3 is 0 Å². The average Bonchev–Trinajstić information content (AvgIpc) is 3.19. The molecule has 10 heteroatoms. The Hall–Kier alpha value is -1.78. The van der Waals surface area contributed by atoms with Gasteiger partial charge in [-0.25, -0.2) is 4.98 Å². The van der Waals surface area contributed by atoms with Crippen molar-refractivity contribution in [3.63, 3.8) is 0 Å². The first kappa shape index (κ1) is 16.7. The summed E-state index contributed by atoms with van der Waals surface area (Å²) in [7, 11) is 0. The molecule has 0 aromatic carbocycles. The van der Waals surface area contributed by atoms with Crippen LogP contribution in [-0.2, 0) is 10.5 Å². The van der Waals surface area contributed by atoms with E-state index in [4.69, 9.17) is 0 Å². The fraction of sp³-hybridized carbons (Fsp3) is 0.400. The van der Waals surface area contributed by atoms with Crippen molar-refractivity contribution in [3.8, 4) is 0 Å². The summed E-state index contributed by atoms with van der Waals surface area (Å²) >= 11 is 4.34. The van der Waals surface area contributed by atoms with Crippen LogP contribution in [0.25, 0.3) is 10.2 Å². The van der Waals surface area contributed by atoms with Crippen LogP contribution in [0.1, 0.15) is 34.5 Å². The zero-order chi connectivity index (χ0) is 17.4. The molecule has 1 aliphatic rings. The van der Waals surface area contributed by atoms with Crippen LogP contribution in [0.2, 0.25) is 0 Å². The Kier molecular flexibility index (Phi) is 4.57. The molecule has 1 fully saturated rings. The van der Waals surface area contributed by atoms with Crippen LogP contribution in [-0.4, -0.2) is 31.8 Å². The molecular formula is C15H15N5O2S3. The number of fused-ring (bicyclic) bond motifs is 1. The minimum Gasteiger partial charge on any atom is -0.309 e. The normalized spacial score (nSPS) is 14.1. The first-order valence-electron chi connectivity index (χ1n) is 7.79. The van der Waals surface area contributed by atoms with Crippen molar-refractivity contribution in [2.24, 2.45) is 0 Å². The molecule has 1 saturated carbocycles. The summed E-state index contributed by atoms with van der Waals surface area (Å²) in [6.45, 7) is 1.95. The average molecular weight is 394 g/mol. The number of hydrogen-bond acceptors (Lipinski definition) is 8. The Balaban J connectivity index is 1.32. The fourth-order valence-electron chi connectivity index (χ4n) is 2.34. The van der Waals surface area contributed by atoms with E-state index in [0.29, 0.717) is 28.0 Å². The molecule has 0 spiro atoms. The number of aromatic amines is 1. The van der Waals surface area contributed by atoms with Gasteiger partial charge in [-0.2, -0.15) is 0 Å². The van der Waals surface area contributed by atoms with Gasteiger partial charge in [-0.1, -0.05) is 11.3 Å². The highest BCUT2D eigenvalue weighted by Crippen LogP contribution is 2.42. The number of aryl methyl sites for hydroxylation is 1. The Bertz CT molecular complexity index is 989. The predicted molar refractivity (Wildman–Crippen MR) is 102 cm³/mol. The van der Waals surface area contributed by atoms with Gasteiger partial charge in [0.05, 0.1) is 16.9 Å². The SMILES string of the molecule is Cc1cc2c(=O)[nH]c(CSCC(=O)Nc3nnc(C4CC4)s3)nc2s1. The lowest BCUT2D eigenvalue weighted by molar-refractivity contribution is -0.113. The quantitative estimate of drug-likeness (QED) is 0.668. The number of H-pyrrole nitrogens is 1. The maximum Gasteiger partial charge on any atom is 0.259 e. The highest BCUT2D eigenvalue weighted by molar-refractivity contribution is 7.99. The first-order valence-corrected chi connectivity index (χ1v) is 10.6. The van der Waals surface area contributed by atoms with Crippen molar-refractivity contribution >= 4 is 55.7 Å². The fourth-order valence-corrected chi connectivity index (χ4v) is 4.86. The molecule has 0 atom stereocenters. The maximum atomic E-state index is 12.0. The van der Waals surface area contributed by atoms with Crippen LogP contribution in [0, 0.1) is 6.92 Å². The monoisotopic (exact) mass is 393 g/mol. The van der Waals surface area contributed by atoms with Gasteiger partial charge in [-0.05, 0) is 25.8 Å². The number of nitrogens with one attached hydrogen (secondary N) is 2. The number of rotatable bonds is 6. The molecule has 1 amide bonds. The van der Waals surface area contributed by atoms with Gasteiger partial charge in [0.15, 0.2) is 0 Å². The molecule has 0 bridgehead atoms. The lowest BCUT2D eigenvalue weighted by atomic mass is 10.4. The molecule has 0 saturated heterocycles. The molecule has 3 heterocycles. The number of nitrogens with zero attached hydrogens (tertiary/aromatic N) is 3. The van der Waals surface area contributed by atoms with Crippen molar-refractivity contribution in [3.05, 3.63) is 32.1 Å². The van der Waals surface area contributed by atoms with E-state index in [1.54, 1.807) is 0 Å². The van der Waals surface area contributed by atoms with E-state index in [1.807, 2.05) is 13.0 Å². The van der Waals surface area contributed by atoms with Gasteiger partial charge < -0.3 is 4.98 Å². The Morgan fingerprint density at radius 1 is 1.40 bits per heavy atom. The van der Waals surface area contributed by atoms with Gasteiger partial charge in [0.2, 0.25) is 11.0 Å². The summed E-state index contributed by atoms with van der Waals surface area (Å²) in [6.07, 6.45) is 2.33. The zero-order valence-corrected chi connectivity index (χ0v) is 15.8. The van der Waals surface area contributed by atoms with Crippen LogP contribution in [0.4, 0.5) is 5.13 Å². The van der Waals surface area contributed by atoms with E-state index in [9.17, 15) is 9.59 Å². The highest BCUT2D eigenvalue weighted by atomic mass is 32.2. The third-order valence-electron chi connectivity index (χ3n) is 3.66. The van der Waals surface area contributed by atoms with E-state index in [1.165, 1.54) is 34.4 Å². The van der Waals surface area contributed by atoms with Gasteiger partial charge in [-0.15, -0.1) is 33.3 Å². The summed E-state index contributed by atoms with van der Waals surface area (Å²) in [5, 5.41) is 13.0. The van der Waals surface area contributed by atoms with E-state index < -0.39 is 0 Å². The van der Waals surface area contributed by atoms with Crippen LogP contribution in [0.15, 0.2) is 10.9 Å². The van der Waals surface area contributed by atoms with Crippen molar-refractivity contribution in [2.45, 2.75) is 31.4 Å². The van der Waals surface area contributed by atoms with E-state index in [0.717, 1.165) is 27.6 Å². The largest absolute Gasteiger partial charge is 0.309 e. The second kappa shape index (κ2) is 6.85. The summed E-state index contributed by atoms with van der Waals surface area (Å²) in [5.41, 5.74) is -0.129. The molecule has 7 nitrogen and oxygen atoms in total. The Morgan fingerprint density at radius 2 is 2.24 bits per heavy atom. The highest BCUT2D eigenvalue weighted by Gasteiger charge is 2.27. The summed E-state index contributed by atoms with van der Waals surface area (Å²) < 4.78 is 0. The van der Waals surface area contributed by atoms with Gasteiger partial charge in [0.1, 0.15) is 15.7 Å². The van der Waals surface area contributed by atoms with Crippen LogP contribution >= 0.6 is 34.4 Å². The van der Waals surface area contributed by atoms with Crippen molar-refractivity contribution in [1.82, 2.24) is 20.2 Å². The topological polar surface area (TPSA) is 101 Å². The molecule has 2 N–H and O–H groups in total. The molecule has 130 valence electrons. The molecule has 3 aromatic heterocycles. The second-order valence-electron chi connectivity index (χ2n) is 5.85. The molecule has 4 rings (SSSR count). The summed E-state index contributed by atoms with van der Waals surface area (Å²) in [5.74, 6) is 1.74. The molecule has 0 aliphatic heterocycles. The smallest absolute Gasteiger partial charge is 0.259 e. The number of thioether (sulfide) groups is 1. The second-order valence-corrected chi connectivity index (χ2v) is 9.08. The van der Waals surface area contributed by atoms with E-state index >= 15 is 0 Å². The van der Waals surface area contributed by atoms with Crippen molar-refractivity contribution in [1.29, 1.82) is 0 Å². The number of carbonyl (C=O) groups is 1. The van der Waals surface area contributed by atoms with Crippen LogP contribution in [0.3, 0.4) is 0 Å². The molecule has 3 aromatic rings. The number of anilines is 1. The molecule has 0 unspecified atom stereocenters. The van der Waals surface area contributed by atoms with Crippen LogP contribution < -0.4 is 10.9 Å². The van der Waals surface area contributed by atoms with Gasteiger partial charge in [0, 0.05) is 10.8 Å². The zero-order valence-electron chi connectivity index (χ0n) is 13.4. The Labute approximate surface area is 155 Å². The molecule has 0 radical (unpaired) electrons. The van der Waals surface area contributed by atoms with Crippen molar-refractivity contribution in [2.75, 3.05) is 11.1 Å². The molecule has 1 aliphatic carbocycles. The van der Waals surface area contributed by atoms with Gasteiger partial charge in [-0.3, -0.25) is 14.9 Å². The third-order valence-corrected chi connectivity index (χ3v) is 6.55. The molecule has 25 heavy (non-hydrogen) atoms. The first-order chi connectivity index (χ1) is 12.1. The minimum absolute atomic E-state index is 0.126. The van der Waals surface area contributed by atoms with E-state index in [-0.39, 0.29) is 17.2 Å². The van der Waals surface area contributed by atoms with Gasteiger partial charge in [0.25, 0.3) is 5.56 Å². The lowest BCUT2D eigenvalue weighted by Crippen LogP contribution is -2.15. The summed E-state index contributed by atoms with van der Waals surface area (Å²) in [4.78, 5) is 33.0. The van der Waals surface area contributed by atoms with E-state index in [2.05, 4.69) is 25.5 Å². The number of carbonyl (C=O) groups excluding carboxylic acids is 1. The number of aromatic nitrogens is 4. The van der Waals surface area contributed by atoms with Crippen LogP contribution in [0.5, 0.6) is 0 Å². The molecular weight excluding hydrogens is 378 g/mol. The maximum absolute atomic E-state index is 12.0. The minimum atomic E-state index is -0.129. The third kappa shape index (κ3) is 3.91. The standard InChI is InChI=1S/C15H15N5O2S3/c1-7-4-9-12(22)16-10(17-14(9)24-7)5-23-6-11(21)18-15-20-19-13(25-15)8-2-3-8/h4,8H,2-3,5-6H2,1H3,(H,16,17,22)(H,18,20,21). The Morgan fingerprint density at radius 3 is 3.04 bits per heavy atom. The predicted octanol–water partition coefficient (Wildman–Crippen LogP) is 2.89. The lowest BCUT2D eigenvalue weighted by Gasteiger charge is -2.02. The van der Waals surface area contributed by atoms with Crippen molar-refractivity contribution < 1.29 is 4.79 Å².